The number of carboxylic acid groups (broad SMARTS) is 1. The van der Waals surface area contributed by atoms with Crippen molar-refractivity contribution in [1.82, 2.24) is 0 Å². The van der Waals surface area contributed by atoms with Crippen LogP contribution in [0.3, 0.4) is 0 Å². The number of hydrogen-bond donors (Lipinski definition) is 1. The van der Waals surface area contributed by atoms with Crippen molar-refractivity contribution in [3.05, 3.63) is 34.4 Å². The van der Waals surface area contributed by atoms with Crippen LogP contribution in [0.5, 0.6) is 0 Å². The lowest BCUT2D eigenvalue weighted by atomic mass is 9.98. The zero-order valence-electron chi connectivity index (χ0n) is 8.25. The highest BCUT2D eigenvalue weighted by Crippen LogP contribution is 2.18. The van der Waals surface area contributed by atoms with E-state index in [-0.39, 0.29) is 12.3 Å². The quantitative estimate of drug-likeness (QED) is 0.800. The fourth-order valence-electron chi connectivity index (χ4n) is 1.38. The average Bonchev–Trinajstić information content (AvgIpc) is 2.19. The molecular formula is C11H10ClNO2. The van der Waals surface area contributed by atoms with Crippen molar-refractivity contribution >= 4 is 17.6 Å². The molecule has 3 nitrogen and oxygen atoms in total. The summed E-state index contributed by atoms with van der Waals surface area (Å²) < 4.78 is 0. The van der Waals surface area contributed by atoms with Crippen molar-refractivity contribution in [2.24, 2.45) is 0 Å². The first-order valence-electron chi connectivity index (χ1n) is 4.38. The highest BCUT2D eigenvalue weighted by molar-refractivity contribution is 6.17. The molecule has 0 unspecified atom stereocenters. The van der Waals surface area contributed by atoms with Gasteiger partial charge in [0.25, 0.3) is 0 Å². The molecule has 0 bridgehead atoms. The van der Waals surface area contributed by atoms with Gasteiger partial charge in [0, 0.05) is 5.88 Å². The summed E-state index contributed by atoms with van der Waals surface area (Å²) in [6, 6.07) is 5.39. The number of hydrogen-bond acceptors (Lipinski definition) is 2. The highest BCUT2D eigenvalue weighted by Gasteiger charge is 2.09. The summed E-state index contributed by atoms with van der Waals surface area (Å²) in [6.45, 7) is 1.80. The minimum atomic E-state index is -0.922. The Morgan fingerprint density at radius 2 is 2.20 bits per heavy atom. The second kappa shape index (κ2) is 4.81. The Labute approximate surface area is 92.9 Å². The predicted molar refractivity (Wildman–Crippen MR) is 56.8 cm³/mol. The summed E-state index contributed by atoms with van der Waals surface area (Å²) in [5, 5.41) is 17.5. The van der Waals surface area contributed by atoms with Gasteiger partial charge in [0.1, 0.15) is 0 Å². The van der Waals surface area contributed by atoms with Crippen molar-refractivity contribution < 1.29 is 9.90 Å². The molecule has 0 saturated carbocycles. The number of aryl methyl sites for hydroxylation is 1. The molecule has 0 aromatic heterocycles. The smallest absolute Gasteiger partial charge is 0.307 e. The minimum absolute atomic E-state index is 0.100. The van der Waals surface area contributed by atoms with Crippen LogP contribution in [-0.2, 0) is 17.1 Å². The topological polar surface area (TPSA) is 61.1 Å². The van der Waals surface area contributed by atoms with Crippen LogP contribution >= 0.6 is 11.6 Å². The lowest BCUT2D eigenvalue weighted by Crippen LogP contribution is -2.04. The van der Waals surface area contributed by atoms with E-state index in [2.05, 4.69) is 0 Å². The van der Waals surface area contributed by atoms with Crippen LogP contribution in [0.1, 0.15) is 22.3 Å². The van der Waals surface area contributed by atoms with Gasteiger partial charge in [-0.3, -0.25) is 4.79 Å². The van der Waals surface area contributed by atoms with E-state index in [1.54, 1.807) is 19.1 Å². The Bertz CT molecular complexity index is 435. The SMILES string of the molecule is Cc1cc(CCl)c(CC(=O)O)cc1C#N. The number of carbonyl (C=O) groups is 1. The van der Waals surface area contributed by atoms with Crippen molar-refractivity contribution in [2.75, 3.05) is 0 Å². The highest BCUT2D eigenvalue weighted by atomic mass is 35.5. The molecule has 0 radical (unpaired) electrons. The third kappa shape index (κ3) is 2.71. The molecule has 1 aromatic carbocycles. The maximum absolute atomic E-state index is 10.6. The van der Waals surface area contributed by atoms with E-state index >= 15 is 0 Å². The first-order chi connectivity index (χ1) is 7.08. The number of carboxylic acids is 1. The van der Waals surface area contributed by atoms with Gasteiger partial charge in [-0.1, -0.05) is 6.07 Å². The first kappa shape index (κ1) is 11.5. The van der Waals surface area contributed by atoms with Crippen LogP contribution in [0.15, 0.2) is 12.1 Å². The second-order valence-corrected chi connectivity index (χ2v) is 3.52. The number of nitrogens with zero attached hydrogens (tertiary/aromatic N) is 1. The van der Waals surface area contributed by atoms with Crippen LogP contribution < -0.4 is 0 Å². The largest absolute Gasteiger partial charge is 0.481 e. The van der Waals surface area contributed by atoms with Gasteiger partial charge in [-0.25, -0.2) is 0 Å². The van der Waals surface area contributed by atoms with Crippen LogP contribution in [-0.4, -0.2) is 11.1 Å². The fourth-order valence-corrected chi connectivity index (χ4v) is 1.63. The minimum Gasteiger partial charge on any atom is -0.481 e. The molecule has 0 saturated heterocycles. The van der Waals surface area contributed by atoms with Crippen molar-refractivity contribution in [1.29, 1.82) is 5.26 Å². The molecular weight excluding hydrogens is 214 g/mol. The van der Waals surface area contributed by atoms with Crippen LogP contribution in [0.25, 0.3) is 0 Å². The Morgan fingerprint density at radius 3 is 2.67 bits per heavy atom. The lowest BCUT2D eigenvalue weighted by Gasteiger charge is -2.07. The van der Waals surface area contributed by atoms with Gasteiger partial charge < -0.3 is 5.11 Å². The standard InChI is InChI=1S/C11H10ClNO2/c1-7-2-9(5-12)8(4-11(14)15)3-10(7)6-13/h2-3H,4-5H2,1H3,(H,14,15). The molecule has 0 spiro atoms. The van der Waals surface area contributed by atoms with E-state index in [0.29, 0.717) is 11.1 Å². The van der Waals surface area contributed by atoms with Crippen molar-refractivity contribution in [3.63, 3.8) is 0 Å². The Balaban J connectivity index is 3.23. The predicted octanol–water partition coefficient (Wildman–Crippen LogP) is 2.23. The second-order valence-electron chi connectivity index (χ2n) is 3.25. The Hall–Kier alpha value is -1.53. The van der Waals surface area contributed by atoms with Crippen LogP contribution in [0, 0.1) is 18.3 Å². The van der Waals surface area contributed by atoms with E-state index < -0.39 is 5.97 Å². The molecule has 78 valence electrons. The number of halogens is 1. The van der Waals surface area contributed by atoms with Gasteiger partial charge in [0.05, 0.1) is 18.1 Å². The van der Waals surface area contributed by atoms with E-state index in [1.807, 2.05) is 6.07 Å². The number of benzene rings is 1. The van der Waals surface area contributed by atoms with Gasteiger partial charge in [-0.15, -0.1) is 11.6 Å². The molecule has 0 amide bonds. The summed E-state index contributed by atoms with van der Waals surface area (Å²) in [7, 11) is 0. The van der Waals surface area contributed by atoms with Crippen LogP contribution in [0.2, 0.25) is 0 Å². The number of alkyl halides is 1. The van der Waals surface area contributed by atoms with E-state index in [0.717, 1.165) is 11.1 Å². The molecule has 1 rings (SSSR count). The number of rotatable bonds is 3. The molecule has 0 aliphatic heterocycles. The van der Waals surface area contributed by atoms with Gasteiger partial charge >= 0.3 is 5.97 Å². The third-order valence-electron chi connectivity index (χ3n) is 2.15. The Morgan fingerprint density at radius 1 is 1.53 bits per heavy atom. The molecule has 0 fully saturated rings. The maximum atomic E-state index is 10.6. The van der Waals surface area contributed by atoms with Gasteiger partial charge in [-0.05, 0) is 29.7 Å². The molecule has 0 heterocycles. The maximum Gasteiger partial charge on any atom is 0.307 e. The Kier molecular flexibility index (Phi) is 3.70. The average molecular weight is 224 g/mol. The lowest BCUT2D eigenvalue weighted by molar-refractivity contribution is -0.136. The van der Waals surface area contributed by atoms with E-state index in [1.165, 1.54) is 0 Å². The summed E-state index contributed by atoms with van der Waals surface area (Å²) in [6.07, 6.45) is -0.100. The van der Waals surface area contributed by atoms with Gasteiger partial charge in [0.15, 0.2) is 0 Å². The molecule has 0 aliphatic carbocycles. The number of nitriles is 1. The normalized spacial score (nSPS) is 9.67. The fraction of sp³-hybridized carbons (Fsp3) is 0.273. The monoisotopic (exact) mass is 223 g/mol. The van der Waals surface area contributed by atoms with Gasteiger partial charge in [-0.2, -0.15) is 5.26 Å². The zero-order chi connectivity index (χ0) is 11.4. The first-order valence-corrected chi connectivity index (χ1v) is 4.92. The molecule has 1 aromatic rings. The van der Waals surface area contributed by atoms with E-state index in [9.17, 15) is 4.79 Å². The zero-order valence-corrected chi connectivity index (χ0v) is 9.01. The van der Waals surface area contributed by atoms with Gasteiger partial charge in [0.2, 0.25) is 0 Å². The van der Waals surface area contributed by atoms with Crippen molar-refractivity contribution in [2.45, 2.75) is 19.2 Å². The third-order valence-corrected chi connectivity index (χ3v) is 2.44. The van der Waals surface area contributed by atoms with E-state index in [4.69, 9.17) is 22.0 Å². The molecule has 15 heavy (non-hydrogen) atoms. The number of aliphatic carboxylic acids is 1. The molecule has 4 heteroatoms. The molecule has 0 atom stereocenters. The van der Waals surface area contributed by atoms with Crippen LogP contribution in [0.4, 0.5) is 0 Å². The summed E-state index contributed by atoms with van der Waals surface area (Å²) in [4.78, 5) is 10.6. The molecule has 1 N–H and O–H groups in total. The summed E-state index contributed by atoms with van der Waals surface area (Å²) in [5.74, 6) is -0.663. The van der Waals surface area contributed by atoms with Crippen molar-refractivity contribution in [3.8, 4) is 6.07 Å². The summed E-state index contributed by atoms with van der Waals surface area (Å²) in [5.41, 5.74) is 2.71. The summed E-state index contributed by atoms with van der Waals surface area (Å²) >= 11 is 5.71. The molecule has 0 aliphatic rings.